The maximum atomic E-state index is 12.4. The number of sulfonamides is 1. The summed E-state index contributed by atoms with van der Waals surface area (Å²) in [6.07, 6.45) is 3.56. The van der Waals surface area contributed by atoms with Crippen LogP contribution >= 0.6 is 0 Å². The lowest BCUT2D eigenvalue weighted by molar-refractivity contribution is -0.118. The van der Waals surface area contributed by atoms with Gasteiger partial charge in [-0.3, -0.25) is 14.3 Å². The number of hydrogen-bond donors (Lipinski definition) is 3. The van der Waals surface area contributed by atoms with Gasteiger partial charge in [-0.15, -0.1) is 0 Å². The Bertz CT molecular complexity index is 1080. The van der Waals surface area contributed by atoms with Gasteiger partial charge in [0, 0.05) is 30.2 Å². The van der Waals surface area contributed by atoms with E-state index in [1.54, 1.807) is 24.3 Å². The summed E-state index contributed by atoms with van der Waals surface area (Å²) in [6.45, 7) is 1.94. The van der Waals surface area contributed by atoms with Crippen LogP contribution in [0.2, 0.25) is 0 Å². The van der Waals surface area contributed by atoms with Gasteiger partial charge in [0.15, 0.2) is 6.61 Å². The number of fused-ring (bicyclic) bond motifs is 1. The number of carbonyl (C=O) groups excluding carboxylic acids is 2. The zero-order valence-electron chi connectivity index (χ0n) is 16.9. The van der Waals surface area contributed by atoms with Crippen LogP contribution in [-0.4, -0.2) is 45.7 Å². The van der Waals surface area contributed by atoms with Crippen LogP contribution in [-0.2, 0) is 19.6 Å². The number of rotatable bonds is 6. The molecular weight excluding hydrogens is 420 g/mol. The number of nitrogens with one attached hydrogen (secondary N) is 3. The van der Waals surface area contributed by atoms with Crippen molar-refractivity contribution in [2.75, 3.05) is 45.7 Å². The molecule has 0 atom stereocenters. The first-order chi connectivity index (χ1) is 14.9. The van der Waals surface area contributed by atoms with Crippen LogP contribution in [0.4, 0.5) is 22.7 Å². The SMILES string of the molecule is O=C(CS(=O)(=O)Nc1ccc(N2CCCCC2)cc1)Nc1ccc2c(c1)NC(=O)CO2. The quantitative estimate of drug-likeness (QED) is 0.630. The molecule has 2 heterocycles. The molecule has 0 radical (unpaired) electrons. The Labute approximate surface area is 180 Å². The maximum absolute atomic E-state index is 12.4. The summed E-state index contributed by atoms with van der Waals surface area (Å²) < 4.78 is 32.5. The first-order valence-electron chi connectivity index (χ1n) is 10.1. The largest absolute Gasteiger partial charge is 0.482 e. The van der Waals surface area contributed by atoms with Crippen LogP contribution in [0, 0.1) is 0 Å². The molecule has 0 aliphatic carbocycles. The van der Waals surface area contributed by atoms with Crippen LogP contribution in [0.1, 0.15) is 19.3 Å². The van der Waals surface area contributed by atoms with E-state index in [1.807, 2.05) is 12.1 Å². The topological polar surface area (TPSA) is 117 Å². The number of anilines is 4. The Morgan fingerprint density at radius 3 is 2.48 bits per heavy atom. The van der Waals surface area contributed by atoms with Crippen molar-refractivity contribution in [3.63, 3.8) is 0 Å². The second kappa shape index (κ2) is 8.84. The maximum Gasteiger partial charge on any atom is 0.262 e. The van der Waals surface area contributed by atoms with Gasteiger partial charge in [-0.1, -0.05) is 0 Å². The first kappa shape index (κ1) is 21.0. The Kier molecular flexibility index (Phi) is 5.99. The van der Waals surface area contributed by atoms with E-state index in [9.17, 15) is 18.0 Å². The molecule has 0 bridgehead atoms. The third kappa shape index (κ3) is 5.46. The molecule has 0 aromatic heterocycles. The molecule has 0 unspecified atom stereocenters. The molecule has 31 heavy (non-hydrogen) atoms. The summed E-state index contributed by atoms with van der Waals surface area (Å²) in [6, 6.07) is 11.9. The number of nitrogens with zero attached hydrogens (tertiary/aromatic N) is 1. The zero-order chi connectivity index (χ0) is 21.8. The molecule has 1 fully saturated rings. The van der Waals surface area contributed by atoms with Gasteiger partial charge in [0.05, 0.1) is 5.69 Å². The van der Waals surface area contributed by atoms with Crippen molar-refractivity contribution in [1.82, 2.24) is 0 Å². The van der Waals surface area contributed by atoms with Gasteiger partial charge in [-0.05, 0) is 61.7 Å². The lowest BCUT2D eigenvalue weighted by atomic mass is 10.1. The number of hydrogen-bond acceptors (Lipinski definition) is 6. The van der Waals surface area contributed by atoms with E-state index in [1.165, 1.54) is 12.5 Å². The number of benzene rings is 2. The number of amides is 2. The predicted octanol–water partition coefficient (Wildman–Crippen LogP) is 2.39. The molecule has 1 saturated heterocycles. The second-order valence-electron chi connectivity index (χ2n) is 7.55. The van der Waals surface area contributed by atoms with E-state index in [0.29, 0.717) is 22.8 Å². The van der Waals surface area contributed by atoms with Crippen molar-refractivity contribution in [3.05, 3.63) is 42.5 Å². The molecule has 2 aliphatic heterocycles. The van der Waals surface area contributed by atoms with Gasteiger partial charge in [-0.25, -0.2) is 8.42 Å². The van der Waals surface area contributed by atoms with E-state index in [0.717, 1.165) is 31.6 Å². The van der Waals surface area contributed by atoms with Crippen molar-refractivity contribution >= 4 is 44.6 Å². The highest BCUT2D eigenvalue weighted by Crippen LogP contribution is 2.30. The predicted molar refractivity (Wildman–Crippen MR) is 119 cm³/mol. The number of carbonyl (C=O) groups is 2. The molecule has 0 saturated carbocycles. The molecule has 164 valence electrons. The summed E-state index contributed by atoms with van der Waals surface area (Å²) in [5.41, 5.74) is 2.24. The van der Waals surface area contributed by atoms with E-state index < -0.39 is 21.7 Å². The smallest absolute Gasteiger partial charge is 0.262 e. The van der Waals surface area contributed by atoms with Crippen molar-refractivity contribution in [3.8, 4) is 5.75 Å². The average molecular weight is 445 g/mol. The van der Waals surface area contributed by atoms with Crippen LogP contribution in [0.25, 0.3) is 0 Å². The Morgan fingerprint density at radius 2 is 1.74 bits per heavy atom. The summed E-state index contributed by atoms with van der Waals surface area (Å²) in [4.78, 5) is 26.0. The molecule has 2 aromatic carbocycles. The third-order valence-electron chi connectivity index (χ3n) is 5.08. The standard InChI is InChI=1S/C21H24N4O5S/c26-20-13-30-19-9-6-16(12-18(19)23-20)22-21(27)14-31(28,29)24-15-4-7-17(8-5-15)25-10-2-1-3-11-25/h4-9,12,24H,1-3,10-11,13-14H2,(H,22,27)(H,23,26). The molecule has 0 spiro atoms. The zero-order valence-corrected chi connectivity index (χ0v) is 17.7. The van der Waals surface area contributed by atoms with Crippen molar-refractivity contribution in [1.29, 1.82) is 0 Å². The van der Waals surface area contributed by atoms with E-state index >= 15 is 0 Å². The van der Waals surface area contributed by atoms with Crippen LogP contribution in [0.15, 0.2) is 42.5 Å². The fraction of sp³-hybridized carbons (Fsp3) is 0.333. The molecular formula is C21H24N4O5S. The fourth-order valence-corrected chi connectivity index (χ4v) is 4.62. The second-order valence-corrected chi connectivity index (χ2v) is 9.27. The van der Waals surface area contributed by atoms with E-state index in [-0.39, 0.29) is 12.5 Å². The summed E-state index contributed by atoms with van der Waals surface area (Å²) in [5.74, 6) is -1.24. The minimum absolute atomic E-state index is 0.0678. The Hall–Kier alpha value is -3.27. The average Bonchev–Trinajstić information content (AvgIpc) is 2.74. The highest BCUT2D eigenvalue weighted by Gasteiger charge is 2.20. The van der Waals surface area contributed by atoms with Gasteiger partial charge < -0.3 is 20.3 Å². The van der Waals surface area contributed by atoms with Crippen LogP contribution in [0.3, 0.4) is 0 Å². The van der Waals surface area contributed by atoms with Crippen molar-refractivity contribution < 1.29 is 22.7 Å². The molecule has 9 nitrogen and oxygen atoms in total. The summed E-state index contributed by atoms with van der Waals surface area (Å²) in [5, 5.41) is 5.16. The molecule has 2 aromatic rings. The number of ether oxygens (including phenoxy) is 1. The summed E-state index contributed by atoms with van der Waals surface area (Å²) in [7, 11) is -3.89. The normalized spacial score (nSPS) is 16.0. The molecule has 2 aliphatic rings. The minimum atomic E-state index is -3.89. The van der Waals surface area contributed by atoms with Gasteiger partial charge >= 0.3 is 0 Å². The van der Waals surface area contributed by atoms with E-state index in [4.69, 9.17) is 4.74 Å². The molecule has 3 N–H and O–H groups in total. The lowest BCUT2D eigenvalue weighted by Crippen LogP contribution is -2.29. The minimum Gasteiger partial charge on any atom is -0.482 e. The van der Waals surface area contributed by atoms with Gasteiger partial charge in [0.1, 0.15) is 11.5 Å². The highest BCUT2D eigenvalue weighted by molar-refractivity contribution is 7.93. The van der Waals surface area contributed by atoms with Gasteiger partial charge in [0.25, 0.3) is 5.91 Å². The van der Waals surface area contributed by atoms with Crippen molar-refractivity contribution in [2.45, 2.75) is 19.3 Å². The molecule has 2 amide bonds. The van der Waals surface area contributed by atoms with Gasteiger partial charge in [-0.2, -0.15) is 0 Å². The van der Waals surface area contributed by atoms with Crippen LogP contribution < -0.4 is 25.0 Å². The highest BCUT2D eigenvalue weighted by atomic mass is 32.2. The van der Waals surface area contributed by atoms with Gasteiger partial charge in [0.2, 0.25) is 15.9 Å². The third-order valence-corrected chi connectivity index (χ3v) is 6.27. The summed E-state index contributed by atoms with van der Waals surface area (Å²) >= 11 is 0. The number of piperidine rings is 1. The van der Waals surface area contributed by atoms with Crippen LogP contribution in [0.5, 0.6) is 5.75 Å². The molecule has 4 rings (SSSR count). The Balaban J connectivity index is 1.34. The molecule has 10 heteroatoms. The van der Waals surface area contributed by atoms with E-state index in [2.05, 4.69) is 20.3 Å². The first-order valence-corrected chi connectivity index (χ1v) is 11.8. The lowest BCUT2D eigenvalue weighted by Gasteiger charge is -2.28. The Morgan fingerprint density at radius 1 is 1.03 bits per heavy atom. The fourth-order valence-electron chi connectivity index (χ4n) is 3.64. The van der Waals surface area contributed by atoms with Crippen molar-refractivity contribution in [2.24, 2.45) is 0 Å². The monoisotopic (exact) mass is 444 g/mol.